The fraction of sp³-hybridized carbons (Fsp3) is 0.833. The van der Waals surface area contributed by atoms with Gasteiger partial charge in [0.05, 0.1) is 5.25 Å². The van der Waals surface area contributed by atoms with Gasteiger partial charge in [0.25, 0.3) is 0 Å². The summed E-state index contributed by atoms with van der Waals surface area (Å²) < 4.78 is 0. The molecule has 0 bridgehead atoms. The zero-order valence-corrected chi connectivity index (χ0v) is 6.90. The van der Waals surface area contributed by atoms with Crippen molar-refractivity contribution in [3.05, 3.63) is 0 Å². The summed E-state index contributed by atoms with van der Waals surface area (Å²) in [5.41, 5.74) is 0. The van der Waals surface area contributed by atoms with E-state index in [4.69, 9.17) is 0 Å². The van der Waals surface area contributed by atoms with Crippen LogP contribution in [-0.2, 0) is 4.79 Å². The molecule has 0 aliphatic heterocycles. The van der Waals surface area contributed by atoms with Crippen molar-refractivity contribution in [3.8, 4) is 0 Å². The van der Waals surface area contributed by atoms with Crippen LogP contribution in [0, 0.1) is 0 Å². The Hall–Kier alpha value is -0.180. The van der Waals surface area contributed by atoms with Crippen LogP contribution in [0.4, 0.5) is 0 Å². The zero-order valence-electron chi connectivity index (χ0n) is 6.01. The van der Waals surface area contributed by atoms with Gasteiger partial charge in [-0.3, -0.25) is 4.79 Å². The lowest BCUT2D eigenvalue weighted by molar-refractivity contribution is -0.120. The van der Waals surface area contributed by atoms with E-state index in [0.29, 0.717) is 0 Å². The number of rotatable bonds is 2. The lowest BCUT2D eigenvalue weighted by atomic mass is 10.3. The van der Waals surface area contributed by atoms with E-state index in [1.165, 1.54) is 0 Å². The second-order valence-electron chi connectivity index (χ2n) is 2.34. The molecule has 0 rings (SSSR count). The molecule has 0 aliphatic rings. The third kappa shape index (κ3) is 4.33. The van der Waals surface area contributed by atoms with E-state index in [0.717, 1.165) is 0 Å². The lowest BCUT2D eigenvalue weighted by Crippen LogP contribution is -2.34. The highest BCUT2D eigenvalue weighted by molar-refractivity contribution is 7.81. The van der Waals surface area contributed by atoms with Gasteiger partial charge in [-0.2, -0.15) is 12.6 Å². The highest BCUT2D eigenvalue weighted by Gasteiger charge is 2.06. The second-order valence-corrected chi connectivity index (χ2v) is 3.11. The summed E-state index contributed by atoms with van der Waals surface area (Å²) >= 11 is 3.96. The minimum absolute atomic E-state index is 0.00617. The number of hydrogen-bond acceptors (Lipinski definition) is 2. The highest BCUT2D eigenvalue weighted by Crippen LogP contribution is 1.91. The number of amides is 1. The predicted molar refractivity (Wildman–Crippen MR) is 41.7 cm³/mol. The molecule has 0 saturated heterocycles. The van der Waals surface area contributed by atoms with Crippen molar-refractivity contribution in [2.75, 3.05) is 0 Å². The van der Waals surface area contributed by atoms with Crippen LogP contribution in [0.15, 0.2) is 0 Å². The molecule has 0 aromatic heterocycles. The van der Waals surface area contributed by atoms with Gasteiger partial charge in [0.2, 0.25) is 5.91 Å². The molecule has 2 nitrogen and oxygen atoms in total. The molecule has 0 aliphatic carbocycles. The Morgan fingerprint density at radius 3 is 2.00 bits per heavy atom. The Balaban J connectivity index is 3.51. The first kappa shape index (κ1) is 8.82. The van der Waals surface area contributed by atoms with E-state index in [1.807, 2.05) is 13.8 Å². The van der Waals surface area contributed by atoms with Crippen molar-refractivity contribution in [3.63, 3.8) is 0 Å². The van der Waals surface area contributed by atoms with Gasteiger partial charge in [0.1, 0.15) is 0 Å². The number of hydrogen-bond donors (Lipinski definition) is 2. The molecule has 0 radical (unpaired) electrons. The third-order valence-corrected chi connectivity index (χ3v) is 1.04. The lowest BCUT2D eigenvalue weighted by Gasteiger charge is -2.09. The largest absolute Gasteiger partial charge is 0.353 e. The summed E-state index contributed by atoms with van der Waals surface area (Å²) in [6.45, 7) is 5.60. The van der Waals surface area contributed by atoms with Gasteiger partial charge in [0.15, 0.2) is 0 Å². The normalized spacial score (nSPS) is 13.4. The summed E-state index contributed by atoms with van der Waals surface area (Å²) in [5, 5.41) is 2.53. The molecule has 9 heavy (non-hydrogen) atoms. The van der Waals surface area contributed by atoms with Gasteiger partial charge < -0.3 is 5.32 Å². The van der Waals surface area contributed by atoms with Gasteiger partial charge >= 0.3 is 0 Å². The van der Waals surface area contributed by atoms with Crippen LogP contribution in [0.3, 0.4) is 0 Å². The smallest absolute Gasteiger partial charge is 0.232 e. The first-order chi connectivity index (χ1) is 4.04. The summed E-state index contributed by atoms with van der Waals surface area (Å²) in [7, 11) is 0. The SMILES string of the molecule is CC(C)NC(=O)C(C)S. The highest BCUT2D eigenvalue weighted by atomic mass is 32.1. The standard InChI is InChI=1S/C6H13NOS/c1-4(2)7-6(8)5(3)9/h4-5,9H,1-3H3,(H,7,8). The van der Waals surface area contributed by atoms with E-state index in [9.17, 15) is 4.79 Å². The van der Waals surface area contributed by atoms with Crippen LogP contribution in [0.5, 0.6) is 0 Å². The molecule has 0 fully saturated rings. The average molecular weight is 147 g/mol. The topological polar surface area (TPSA) is 29.1 Å². The van der Waals surface area contributed by atoms with Crippen molar-refractivity contribution in [1.29, 1.82) is 0 Å². The summed E-state index contributed by atoms with van der Waals surface area (Å²) in [5.74, 6) is -0.00617. The number of nitrogens with one attached hydrogen (secondary N) is 1. The first-order valence-corrected chi connectivity index (χ1v) is 3.54. The van der Waals surface area contributed by atoms with Crippen molar-refractivity contribution < 1.29 is 4.79 Å². The number of thiol groups is 1. The van der Waals surface area contributed by atoms with Gasteiger partial charge in [-0.05, 0) is 20.8 Å². The predicted octanol–water partition coefficient (Wildman–Crippen LogP) is 0.829. The van der Waals surface area contributed by atoms with E-state index < -0.39 is 0 Å². The van der Waals surface area contributed by atoms with Gasteiger partial charge in [-0.25, -0.2) is 0 Å². The molecule has 0 saturated carbocycles. The Labute approximate surface area is 61.4 Å². The molecule has 0 aromatic rings. The maximum atomic E-state index is 10.8. The fourth-order valence-corrected chi connectivity index (χ4v) is 0.480. The minimum atomic E-state index is -0.201. The van der Waals surface area contributed by atoms with Crippen LogP contribution in [-0.4, -0.2) is 17.2 Å². The maximum absolute atomic E-state index is 10.8. The zero-order chi connectivity index (χ0) is 7.44. The molecule has 1 amide bonds. The van der Waals surface area contributed by atoms with Crippen LogP contribution >= 0.6 is 12.6 Å². The van der Waals surface area contributed by atoms with Crippen LogP contribution in [0.2, 0.25) is 0 Å². The molecule has 1 unspecified atom stereocenters. The molecular formula is C6H13NOS. The first-order valence-electron chi connectivity index (χ1n) is 3.02. The van der Waals surface area contributed by atoms with Gasteiger partial charge in [-0.15, -0.1) is 0 Å². The van der Waals surface area contributed by atoms with Crippen LogP contribution < -0.4 is 5.32 Å². The maximum Gasteiger partial charge on any atom is 0.232 e. The van der Waals surface area contributed by atoms with Crippen LogP contribution in [0.1, 0.15) is 20.8 Å². The van der Waals surface area contributed by atoms with E-state index >= 15 is 0 Å². The molecule has 0 aromatic carbocycles. The molecule has 1 atom stereocenters. The van der Waals surface area contributed by atoms with E-state index in [1.54, 1.807) is 6.92 Å². The van der Waals surface area contributed by atoms with Gasteiger partial charge in [0, 0.05) is 6.04 Å². The summed E-state index contributed by atoms with van der Waals surface area (Å²) in [6, 6.07) is 0.215. The van der Waals surface area contributed by atoms with Crippen molar-refractivity contribution in [1.82, 2.24) is 5.32 Å². The summed E-state index contributed by atoms with van der Waals surface area (Å²) in [4.78, 5) is 10.8. The fourth-order valence-electron chi connectivity index (χ4n) is 0.405. The Kier molecular flexibility index (Phi) is 3.70. The second kappa shape index (κ2) is 3.77. The Bertz CT molecular complexity index is 101. The monoisotopic (exact) mass is 147 g/mol. The van der Waals surface area contributed by atoms with E-state index in [2.05, 4.69) is 17.9 Å². The van der Waals surface area contributed by atoms with Crippen molar-refractivity contribution in [2.45, 2.75) is 32.1 Å². The summed E-state index contributed by atoms with van der Waals surface area (Å²) in [6.07, 6.45) is 0. The Morgan fingerprint density at radius 1 is 1.44 bits per heavy atom. The van der Waals surface area contributed by atoms with Crippen molar-refractivity contribution in [2.24, 2.45) is 0 Å². The quantitative estimate of drug-likeness (QED) is 0.557. The van der Waals surface area contributed by atoms with Crippen LogP contribution in [0.25, 0.3) is 0 Å². The molecule has 0 spiro atoms. The van der Waals surface area contributed by atoms with E-state index in [-0.39, 0.29) is 17.2 Å². The Morgan fingerprint density at radius 2 is 1.89 bits per heavy atom. The molecule has 3 heteroatoms. The van der Waals surface area contributed by atoms with Crippen molar-refractivity contribution >= 4 is 18.5 Å². The average Bonchev–Trinajstić information content (AvgIpc) is 1.63. The molecule has 1 N–H and O–H groups in total. The molecule has 0 heterocycles. The molecule has 54 valence electrons. The molecular weight excluding hydrogens is 134 g/mol. The minimum Gasteiger partial charge on any atom is -0.353 e. The number of carbonyl (C=O) groups is 1. The third-order valence-electron chi connectivity index (χ3n) is 0.810. The van der Waals surface area contributed by atoms with Gasteiger partial charge in [-0.1, -0.05) is 0 Å². The number of carbonyl (C=O) groups excluding carboxylic acids is 1.